The molecular weight excluding hydrogens is 280 g/mol. The minimum Gasteiger partial charge on any atom is -0.370 e. The zero-order valence-corrected chi connectivity index (χ0v) is 14.1. The fourth-order valence-electron chi connectivity index (χ4n) is 2.22. The molecule has 0 saturated heterocycles. The number of benzene rings is 1. The normalized spacial score (nSPS) is 10.5. The molecule has 0 bridgehead atoms. The van der Waals surface area contributed by atoms with E-state index in [1.165, 1.54) is 11.1 Å². The van der Waals surface area contributed by atoms with E-state index in [0.717, 1.165) is 29.0 Å². The molecule has 21 heavy (non-hydrogen) atoms. The first-order valence-electron chi connectivity index (χ1n) is 7.02. The predicted octanol–water partition coefficient (Wildman–Crippen LogP) is 4.02. The smallest absolute Gasteiger partial charge is 0.191 e. The van der Waals surface area contributed by atoms with Crippen molar-refractivity contribution in [3.8, 4) is 0 Å². The molecule has 0 radical (unpaired) electrons. The van der Waals surface area contributed by atoms with Crippen LogP contribution in [-0.4, -0.2) is 29.8 Å². The molecule has 112 valence electrons. The lowest BCUT2D eigenvalue weighted by molar-refractivity contribution is 0.940. The summed E-state index contributed by atoms with van der Waals surface area (Å²) >= 11 is 1.55. The van der Waals surface area contributed by atoms with Gasteiger partial charge in [0, 0.05) is 25.3 Å². The topological polar surface area (TPSA) is 41.0 Å². The van der Waals surface area contributed by atoms with Crippen LogP contribution in [0.15, 0.2) is 29.4 Å². The summed E-state index contributed by atoms with van der Waals surface area (Å²) in [5, 5.41) is 4.04. The van der Waals surface area contributed by atoms with E-state index >= 15 is 0 Å². The maximum Gasteiger partial charge on any atom is 0.191 e. The summed E-state index contributed by atoms with van der Waals surface area (Å²) in [7, 11) is 2.04. The Kier molecular flexibility index (Phi) is 5.07. The van der Waals surface area contributed by atoms with E-state index in [2.05, 4.69) is 59.2 Å². The Balaban J connectivity index is 2.41. The fourth-order valence-corrected chi connectivity index (χ4v) is 2.60. The largest absolute Gasteiger partial charge is 0.370 e. The molecule has 0 fully saturated rings. The molecule has 1 aromatic heterocycles. The number of nitrogens with zero attached hydrogens (tertiary/aromatic N) is 3. The molecule has 0 atom stereocenters. The second kappa shape index (κ2) is 6.80. The standard InChI is InChI=1S/C16H22N4S/c1-6-17-14-10-15(19-16(18-14)21-5)20(4)13-8-11(2)7-12(3)9-13/h7-10H,6H2,1-5H3,(H,17,18,19). The van der Waals surface area contributed by atoms with Crippen molar-refractivity contribution in [3.05, 3.63) is 35.4 Å². The molecule has 0 aliphatic rings. The monoisotopic (exact) mass is 302 g/mol. The number of hydrogen-bond acceptors (Lipinski definition) is 5. The van der Waals surface area contributed by atoms with E-state index in [4.69, 9.17) is 0 Å². The zero-order valence-electron chi connectivity index (χ0n) is 13.3. The lowest BCUT2D eigenvalue weighted by Crippen LogP contribution is -2.13. The van der Waals surface area contributed by atoms with Crippen LogP contribution in [0.2, 0.25) is 0 Å². The van der Waals surface area contributed by atoms with Crippen LogP contribution in [0.5, 0.6) is 0 Å². The third-order valence-electron chi connectivity index (χ3n) is 3.17. The number of nitrogens with one attached hydrogen (secondary N) is 1. The zero-order chi connectivity index (χ0) is 15.4. The van der Waals surface area contributed by atoms with Gasteiger partial charge in [0.05, 0.1) is 0 Å². The molecule has 0 aliphatic carbocycles. The van der Waals surface area contributed by atoms with E-state index in [1.807, 2.05) is 19.4 Å². The number of aromatic nitrogens is 2. The Hall–Kier alpha value is -1.75. The van der Waals surface area contributed by atoms with Gasteiger partial charge in [-0.3, -0.25) is 0 Å². The van der Waals surface area contributed by atoms with E-state index in [0.29, 0.717) is 0 Å². The highest BCUT2D eigenvalue weighted by atomic mass is 32.2. The third kappa shape index (κ3) is 3.88. The van der Waals surface area contributed by atoms with Crippen LogP contribution >= 0.6 is 11.8 Å². The first-order valence-corrected chi connectivity index (χ1v) is 8.25. The van der Waals surface area contributed by atoms with Gasteiger partial charge in [0.1, 0.15) is 11.6 Å². The molecule has 1 aromatic carbocycles. The highest BCUT2D eigenvalue weighted by Crippen LogP contribution is 2.27. The van der Waals surface area contributed by atoms with Gasteiger partial charge in [-0.05, 0) is 50.3 Å². The van der Waals surface area contributed by atoms with Gasteiger partial charge in [0.2, 0.25) is 0 Å². The maximum atomic E-state index is 4.61. The van der Waals surface area contributed by atoms with E-state index in [1.54, 1.807) is 11.8 Å². The second-order valence-corrected chi connectivity index (χ2v) is 5.81. The van der Waals surface area contributed by atoms with Gasteiger partial charge in [-0.1, -0.05) is 17.8 Å². The number of thioether (sulfide) groups is 1. The molecule has 0 spiro atoms. The molecule has 2 aromatic rings. The summed E-state index contributed by atoms with van der Waals surface area (Å²) in [4.78, 5) is 11.2. The molecule has 1 heterocycles. The Morgan fingerprint density at radius 3 is 2.33 bits per heavy atom. The summed E-state index contributed by atoms with van der Waals surface area (Å²) in [6, 6.07) is 8.50. The van der Waals surface area contributed by atoms with Crippen LogP contribution in [0.3, 0.4) is 0 Å². The van der Waals surface area contributed by atoms with Crippen molar-refractivity contribution in [2.45, 2.75) is 25.9 Å². The quantitative estimate of drug-likeness (QED) is 0.667. The van der Waals surface area contributed by atoms with Gasteiger partial charge in [-0.25, -0.2) is 9.97 Å². The molecule has 0 unspecified atom stereocenters. The van der Waals surface area contributed by atoms with Crippen LogP contribution in [0, 0.1) is 13.8 Å². The first kappa shape index (κ1) is 15.6. The van der Waals surface area contributed by atoms with Gasteiger partial charge in [0.25, 0.3) is 0 Å². The summed E-state index contributed by atoms with van der Waals surface area (Å²) in [5.74, 6) is 1.76. The van der Waals surface area contributed by atoms with Crippen molar-refractivity contribution >= 4 is 29.1 Å². The Morgan fingerprint density at radius 2 is 1.76 bits per heavy atom. The number of hydrogen-bond donors (Lipinski definition) is 1. The number of rotatable bonds is 5. The fraction of sp³-hybridized carbons (Fsp3) is 0.375. The lowest BCUT2D eigenvalue weighted by atomic mass is 10.1. The molecule has 0 aliphatic heterocycles. The van der Waals surface area contributed by atoms with Crippen molar-refractivity contribution in [1.82, 2.24) is 9.97 Å². The SMILES string of the molecule is CCNc1cc(N(C)c2cc(C)cc(C)c2)nc(SC)n1. The van der Waals surface area contributed by atoms with Gasteiger partial charge >= 0.3 is 0 Å². The average Bonchev–Trinajstić information content (AvgIpc) is 2.45. The molecule has 5 heteroatoms. The molecule has 0 amide bonds. The van der Waals surface area contributed by atoms with E-state index < -0.39 is 0 Å². The molecular formula is C16H22N4S. The second-order valence-electron chi connectivity index (χ2n) is 5.03. The van der Waals surface area contributed by atoms with Crippen molar-refractivity contribution in [1.29, 1.82) is 0 Å². The van der Waals surface area contributed by atoms with E-state index in [-0.39, 0.29) is 0 Å². The van der Waals surface area contributed by atoms with Crippen LogP contribution in [0.25, 0.3) is 0 Å². The summed E-state index contributed by atoms with van der Waals surface area (Å²) in [6.07, 6.45) is 1.99. The van der Waals surface area contributed by atoms with Crippen molar-refractivity contribution in [2.24, 2.45) is 0 Å². The molecule has 4 nitrogen and oxygen atoms in total. The molecule has 2 rings (SSSR count). The number of anilines is 3. The van der Waals surface area contributed by atoms with Crippen LogP contribution in [0.1, 0.15) is 18.1 Å². The maximum absolute atomic E-state index is 4.61. The van der Waals surface area contributed by atoms with Gasteiger partial charge in [0.15, 0.2) is 5.16 Å². The summed E-state index contributed by atoms with van der Waals surface area (Å²) in [6.45, 7) is 7.13. The summed E-state index contributed by atoms with van der Waals surface area (Å²) < 4.78 is 0. The van der Waals surface area contributed by atoms with Crippen molar-refractivity contribution in [3.63, 3.8) is 0 Å². The van der Waals surface area contributed by atoms with Gasteiger partial charge < -0.3 is 10.2 Å². The van der Waals surface area contributed by atoms with Crippen molar-refractivity contribution in [2.75, 3.05) is 30.1 Å². The minimum absolute atomic E-state index is 0.777. The number of aryl methyl sites for hydroxylation is 2. The van der Waals surface area contributed by atoms with Gasteiger partial charge in [-0.2, -0.15) is 0 Å². The highest BCUT2D eigenvalue weighted by molar-refractivity contribution is 7.98. The molecule has 0 saturated carbocycles. The third-order valence-corrected chi connectivity index (χ3v) is 3.72. The predicted molar refractivity (Wildman–Crippen MR) is 92.0 cm³/mol. The Bertz CT molecular complexity index is 607. The van der Waals surface area contributed by atoms with Crippen molar-refractivity contribution < 1.29 is 0 Å². The van der Waals surface area contributed by atoms with Crippen LogP contribution in [-0.2, 0) is 0 Å². The highest BCUT2D eigenvalue weighted by Gasteiger charge is 2.10. The van der Waals surface area contributed by atoms with Crippen LogP contribution < -0.4 is 10.2 Å². The minimum atomic E-state index is 0.777. The van der Waals surface area contributed by atoms with Crippen LogP contribution in [0.4, 0.5) is 17.3 Å². The summed E-state index contributed by atoms with van der Waals surface area (Å²) in [5.41, 5.74) is 3.64. The first-order chi connectivity index (χ1) is 10.0. The Morgan fingerprint density at radius 1 is 1.10 bits per heavy atom. The van der Waals surface area contributed by atoms with E-state index in [9.17, 15) is 0 Å². The lowest BCUT2D eigenvalue weighted by Gasteiger charge is -2.20. The molecule has 1 N–H and O–H groups in total. The van der Waals surface area contributed by atoms with Gasteiger partial charge in [-0.15, -0.1) is 0 Å². The average molecular weight is 302 g/mol. The Labute approximate surface area is 131 Å².